The lowest BCUT2D eigenvalue weighted by atomic mass is 10.0. The maximum atomic E-state index is 12.4. The van der Waals surface area contributed by atoms with Crippen LogP contribution in [0.25, 0.3) is 5.70 Å². The van der Waals surface area contributed by atoms with E-state index < -0.39 is 5.97 Å². The third kappa shape index (κ3) is 4.76. The molecule has 0 spiro atoms. The second kappa shape index (κ2) is 8.54. The van der Waals surface area contributed by atoms with E-state index in [2.05, 4.69) is 22.9 Å². The first-order valence-electron chi connectivity index (χ1n) is 9.20. The standard InChI is InChI=1S/C22H24N2O3/c1-16(19-7-3-4-8-20(19)24-13-5-2-6-14-24)23-21(25)15-17-9-11-18(12-10-17)22(26)27/h3-4,7-12H,1-2,5-6,13-15H2,(H,23,25)(H,26,27). The minimum Gasteiger partial charge on any atom is -0.478 e. The van der Waals surface area contributed by atoms with Gasteiger partial charge in [-0.3, -0.25) is 4.79 Å². The fraction of sp³-hybridized carbons (Fsp3) is 0.273. The average molecular weight is 364 g/mol. The molecule has 0 atom stereocenters. The van der Waals surface area contributed by atoms with Gasteiger partial charge in [0, 0.05) is 30.0 Å². The number of benzene rings is 2. The van der Waals surface area contributed by atoms with Crippen LogP contribution in [0.1, 0.15) is 40.7 Å². The molecule has 0 radical (unpaired) electrons. The number of amides is 1. The summed E-state index contributed by atoms with van der Waals surface area (Å²) in [7, 11) is 0. The number of carbonyl (C=O) groups excluding carboxylic acids is 1. The molecule has 0 aliphatic carbocycles. The number of rotatable bonds is 6. The van der Waals surface area contributed by atoms with E-state index in [9.17, 15) is 9.59 Å². The molecule has 1 aliphatic heterocycles. The summed E-state index contributed by atoms with van der Waals surface area (Å²) in [5.41, 5.74) is 3.60. The van der Waals surface area contributed by atoms with Crippen molar-refractivity contribution in [3.8, 4) is 0 Å². The normalized spacial score (nSPS) is 13.9. The van der Waals surface area contributed by atoms with E-state index in [1.54, 1.807) is 12.1 Å². The number of hydrogen-bond donors (Lipinski definition) is 2. The largest absolute Gasteiger partial charge is 0.478 e. The maximum absolute atomic E-state index is 12.4. The molecule has 2 aromatic carbocycles. The quantitative estimate of drug-likeness (QED) is 0.820. The zero-order valence-electron chi connectivity index (χ0n) is 15.3. The Hall–Kier alpha value is -3.08. The van der Waals surface area contributed by atoms with Crippen LogP contribution in [0, 0.1) is 0 Å². The number of hydrogen-bond acceptors (Lipinski definition) is 3. The van der Waals surface area contributed by atoms with Crippen molar-refractivity contribution in [2.24, 2.45) is 0 Å². The lowest BCUT2D eigenvalue weighted by molar-refractivity contribution is -0.119. The molecule has 3 rings (SSSR count). The van der Waals surface area contributed by atoms with E-state index in [1.807, 2.05) is 18.2 Å². The van der Waals surface area contributed by atoms with Crippen molar-refractivity contribution in [2.75, 3.05) is 18.0 Å². The number of nitrogens with one attached hydrogen (secondary N) is 1. The van der Waals surface area contributed by atoms with E-state index >= 15 is 0 Å². The Balaban J connectivity index is 1.66. The van der Waals surface area contributed by atoms with E-state index in [-0.39, 0.29) is 17.9 Å². The van der Waals surface area contributed by atoms with Crippen molar-refractivity contribution in [1.29, 1.82) is 0 Å². The molecular formula is C22H24N2O3. The molecule has 5 heteroatoms. The third-order valence-corrected chi connectivity index (χ3v) is 4.78. The van der Waals surface area contributed by atoms with Crippen LogP contribution in [-0.2, 0) is 11.2 Å². The Bertz CT molecular complexity index is 837. The highest BCUT2D eigenvalue weighted by Crippen LogP contribution is 2.27. The van der Waals surface area contributed by atoms with E-state index in [0.29, 0.717) is 5.70 Å². The summed E-state index contributed by atoms with van der Waals surface area (Å²) in [6.07, 6.45) is 3.79. The first kappa shape index (κ1) is 18.7. The molecule has 1 fully saturated rings. The highest BCUT2D eigenvalue weighted by atomic mass is 16.4. The van der Waals surface area contributed by atoms with Gasteiger partial charge in [-0.15, -0.1) is 0 Å². The van der Waals surface area contributed by atoms with Crippen molar-refractivity contribution in [3.05, 3.63) is 71.8 Å². The number of piperidine rings is 1. The molecule has 0 bridgehead atoms. The van der Waals surface area contributed by atoms with Gasteiger partial charge >= 0.3 is 5.97 Å². The highest BCUT2D eigenvalue weighted by molar-refractivity contribution is 5.90. The van der Waals surface area contributed by atoms with Crippen LogP contribution in [0.5, 0.6) is 0 Å². The summed E-state index contributed by atoms with van der Waals surface area (Å²) in [5, 5.41) is 11.8. The van der Waals surface area contributed by atoms with Gasteiger partial charge in [0.05, 0.1) is 12.0 Å². The Labute approximate surface area is 159 Å². The molecule has 2 aromatic rings. The topological polar surface area (TPSA) is 69.6 Å². The van der Waals surface area contributed by atoms with Crippen LogP contribution in [0.2, 0.25) is 0 Å². The fourth-order valence-electron chi connectivity index (χ4n) is 3.37. The highest BCUT2D eigenvalue weighted by Gasteiger charge is 2.16. The minimum absolute atomic E-state index is 0.170. The number of nitrogens with zero attached hydrogens (tertiary/aromatic N) is 1. The molecule has 1 saturated heterocycles. The number of para-hydroxylation sites is 1. The number of carboxylic acid groups (broad SMARTS) is 1. The number of aromatic carboxylic acids is 1. The molecule has 27 heavy (non-hydrogen) atoms. The fourth-order valence-corrected chi connectivity index (χ4v) is 3.37. The Morgan fingerprint density at radius 1 is 1.00 bits per heavy atom. The molecule has 1 aliphatic rings. The summed E-state index contributed by atoms with van der Waals surface area (Å²) >= 11 is 0. The smallest absolute Gasteiger partial charge is 0.335 e. The number of anilines is 1. The van der Waals surface area contributed by atoms with Gasteiger partial charge in [0.15, 0.2) is 0 Å². The zero-order chi connectivity index (χ0) is 19.2. The molecule has 5 nitrogen and oxygen atoms in total. The van der Waals surface area contributed by atoms with Gasteiger partial charge in [-0.05, 0) is 43.0 Å². The summed E-state index contributed by atoms with van der Waals surface area (Å²) < 4.78 is 0. The summed E-state index contributed by atoms with van der Waals surface area (Å²) in [4.78, 5) is 25.7. The van der Waals surface area contributed by atoms with Gasteiger partial charge in [-0.25, -0.2) is 4.79 Å². The maximum Gasteiger partial charge on any atom is 0.335 e. The van der Waals surface area contributed by atoms with Gasteiger partial charge < -0.3 is 15.3 Å². The van der Waals surface area contributed by atoms with Gasteiger partial charge in [-0.1, -0.05) is 36.9 Å². The van der Waals surface area contributed by atoms with Gasteiger partial charge in [-0.2, -0.15) is 0 Å². The molecule has 1 amide bonds. The lowest BCUT2D eigenvalue weighted by Crippen LogP contribution is -2.31. The van der Waals surface area contributed by atoms with Gasteiger partial charge in [0.2, 0.25) is 5.91 Å². The SMILES string of the molecule is C=C(NC(=O)Cc1ccc(C(=O)O)cc1)c1ccccc1N1CCCCC1. The molecule has 1 heterocycles. The first-order valence-corrected chi connectivity index (χ1v) is 9.20. The number of carboxylic acids is 1. The number of carbonyl (C=O) groups is 2. The predicted octanol–water partition coefficient (Wildman–Crippen LogP) is 3.70. The second-order valence-electron chi connectivity index (χ2n) is 6.77. The van der Waals surface area contributed by atoms with E-state index in [1.165, 1.54) is 31.4 Å². The Morgan fingerprint density at radius 3 is 2.33 bits per heavy atom. The van der Waals surface area contributed by atoms with Crippen molar-refractivity contribution in [1.82, 2.24) is 5.32 Å². The molecule has 140 valence electrons. The van der Waals surface area contributed by atoms with Crippen LogP contribution in [-0.4, -0.2) is 30.1 Å². The predicted molar refractivity (Wildman–Crippen MR) is 107 cm³/mol. The van der Waals surface area contributed by atoms with Crippen molar-refractivity contribution < 1.29 is 14.7 Å². The summed E-state index contributed by atoms with van der Waals surface area (Å²) in [6.45, 7) is 6.11. The zero-order valence-corrected chi connectivity index (χ0v) is 15.3. The minimum atomic E-state index is -0.978. The first-order chi connectivity index (χ1) is 13.0. The van der Waals surface area contributed by atoms with Gasteiger partial charge in [0.1, 0.15) is 0 Å². The molecule has 0 aromatic heterocycles. The lowest BCUT2D eigenvalue weighted by Gasteiger charge is -2.31. The van der Waals surface area contributed by atoms with Crippen LogP contribution < -0.4 is 10.2 Å². The Kier molecular flexibility index (Phi) is 5.91. The molecule has 0 unspecified atom stereocenters. The van der Waals surface area contributed by atoms with Crippen molar-refractivity contribution >= 4 is 23.3 Å². The summed E-state index contributed by atoms with van der Waals surface area (Å²) in [6, 6.07) is 14.3. The van der Waals surface area contributed by atoms with Crippen molar-refractivity contribution in [2.45, 2.75) is 25.7 Å². The van der Waals surface area contributed by atoms with E-state index in [4.69, 9.17) is 5.11 Å². The van der Waals surface area contributed by atoms with Crippen LogP contribution in [0.3, 0.4) is 0 Å². The molecule has 2 N–H and O–H groups in total. The summed E-state index contributed by atoms with van der Waals surface area (Å²) in [5.74, 6) is -1.15. The Morgan fingerprint density at radius 2 is 1.67 bits per heavy atom. The monoisotopic (exact) mass is 364 g/mol. The third-order valence-electron chi connectivity index (χ3n) is 4.78. The molecule has 0 saturated carbocycles. The second-order valence-corrected chi connectivity index (χ2v) is 6.77. The van der Waals surface area contributed by atoms with Crippen LogP contribution in [0.15, 0.2) is 55.1 Å². The average Bonchev–Trinajstić information content (AvgIpc) is 2.69. The van der Waals surface area contributed by atoms with Crippen LogP contribution >= 0.6 is 0 Å². The molecular weight excluding hydrogens is 340 g/mol. The van der Waals surface area contributed by atoms with Crippen LogP contribution in [0.4, 0.5) is 5.69 Å². The van der Waals surface area contributed by atoms with E-state index in [0.717, 1.165) is 29.9 Å². The van der Waals surface area contributed by atoms with Crippen molar-refractivity contribution in [3.63, 3.8) is 0 Å². The van der Waals surface area contributed by atoms with Gasteiger partial charge in [0.25, 0.3) is 0 Å².